The van der Waals surface area contributed by atoms with E-state index in [0.717, 1.165) is 18.9 Å². The lowest BCUT2D eigenvalue weighted by molar-refractivity contribution is 0.123. The van der Waals surface area contributed by atoms with Crippen LogP contribution in [0.3, 0.4) is 0 Å². The number of hydrogen-bond acceptors (Lipinski definition) is 4. The van der Waals surface area contributed by atoms with E-state index in [1.807, 2.05) is 0 Å². The molecule has 0 saturated carbocycles. The van der Waals surface area contributed by atoms with Gasteiger partial charge in [0.15, 0.2) is 0 Å². The molecule has 0 saturated heterocycles. The highest BCUT2D eigenvalue weighted by molar-refractivity contribution is 7.80. The molecule has 3 nitrogen and oxygen atoms in total. The van der Waals surface area contributed by atoms with Crippen LogP contribution in [-0.4, -0.2) is 35.4 Å². The summed E-state index contributed by atoms with van der Waals surface area (Å²) in [7, 11) is 2.63. The molecule has 0 aromatic carbocycles. The van der Waals surface area contributed by atoms with Crippen LogP contribution in [0.1, 0.15) is 32.6 Å². The minimum atomic E-state index is -2.34. The van der Waals surface area contributed by atoms with Gasteiger partial charge in [0.25, 0.3) is 0 Å². The van der Waals surface area contributed by atoms with Gasteiger partial charge in [-0.3, -0.25) is 0 Å². The Morgan fingerprint density at radius 1 is 1.07 bits per heavy atom. The smallest absolute Gasteiger partial charge is 0.377 e. The SMILES string of the molecule is CCCC(S)CCC[Si](OC)(OC)OC. The summed E-state index contributed by atoms with van der Waals surface area (Å²) in [6.45, 7) is 2.18. The normalized spacial score (nSPS) is 14.2. The molecule has 15 heavy (non-hydrogen) atoms. The first-order chi connectivity index (χ1) is 7.14. The Hall–Kier alpha value is 0.447. The largest absolute Gasteiger partial charge is 0.500 e. The van der Waals surface area contributed by atoms with E-state index in [0.29, 0.717) is 5.25 Å². The molecule has 0 rings (SSSR count). The third-order valence-electron chi connectivity index (χ3n) is 2.58. The average molecular weight is 252 g/mol. The van der Waals surface area contributed by atoms with Crippen LogP contribution >= 0.6 is 12.6 Å². The molecule has 0 fully saturated rings. The van der Waals surface area contributed by atoms with Crippen molar-refractivity contribution in [1.29, 1.82) is 0 Å². The molecule has 5 heteroatoms. The topological polar surface area (TPSA) is 27.7 Å². The molecule has 0 amide bonds. The highest BCUT2D eigenvalue weighted by Crippen LogP contribution is 2.20. The Morgan fingerprint density at radius 3 is 2.00 bits per heavy atom. The fraction of sp³-hybridized carbons (Fsp3) is 1.00. The molecule has 0 aliphatic heterocycles. The molecule has 0 N–H and O–H groups in total. The van der Waals surface area contributed by atoms with Crippen molar-refractivity contribution in [3.63, 3.8) is 0 Å². The molecular formula is C10H24O3SSi. The van der Waals surface area contributed by atoms with Gasteiger partial charge in [-0.05, 0) is 19.3 Å². The fourth-order valence-electron chi connectivity index (χ4n) is 1.59. The molecule has 0 radical (unpaired) electrons. The fourth-order valence-corrected chi connectivity index (χ4v) is 3.78. The second-order valence-electron chi connectivity index (χ2n) is 3.63. The maximum Gasteiger partial charge on any atom is 0.500 e. The highest BCUT2D eigenvalue weighted by Gasteiger charge is 2.36. The van der Waals surface area contributed by atoms with Gasteiger partial charge in [0.2, 0.25) is 0 Å². The number of thiol groups is 1. The van der Waals surface area contributed by atoms with E-state index < -0.39 is 8.80 Å². The predicted octanol–water partition coefficient (Wildman–Crippen LogP) is 2.74. The minimum Gasteiger partial charge on any atom is -0.377 e. The molecule has 0 aliphatic rings. The molecule has 1 unspecified atom stereocenters. The second-order valence-corrected chi connectivity index (χ2v) is 7.45. The maximum absolute atomic E-state index is 5.35. The Morgan fingerprint density at radius 2 is 1.60 bits per heavy atom. The molecule has 0 spiro atoms. The summed E-state index contributed by atoms with van der Waals surface area (Å²) in [5, 5.41) is 0.493. The number of rotatable bonds is 9. The summed E-state index contributed by atoms with van der Waals surface area (Å²) in [4.78, 5) is 0. The van der Waals surface area contributed by atoms with Gasteiger partial charge < -0.3 is 13.3 Å². The molecule has 92 valence electrons. The lowest BCUT2D eigenvalue weighted by atomic mass is 10.2. The van der Waals surface area contributed by atoms with E-state index >= 15 is 0 Å². The quantitative estimate of drug-likeness (QED) is 0.505. The van der Waals surface area contributed by atoms with Crippen LogP contribution in [0.4, 0.5) is 0 Å². The van der Waals surface area contributed by atoms with Crippen LogP contribution in [0.25, 0.3) is 0 Å². The summed E-state index contributed by atoms with van der Waals surface area (Å²) in [6.07, 6.45) is 4.51. The van der Waals surface area contributed by atoms with Gasteiger partial charge in [0.05, 0.1) is 0 Å². The molecule has 1 atom stereocenters. The lowest BCUT2D eigenvalue weighted by Crippen LogP contribution is -2.42. The van der Waals surface area contributed by atoms with Crippen molar-refractivity contribution in [3.05, 3.63) is 0 Å². The molecule has 0 aliphatic carbocycles. The van der Waals surface area contributed by atoms with Crippen LogP contribution in [0.15, 0.2) is 0 Å². The van der Waals surface area contributed by atoms with Crippen molar-refractivity contribution in [2.24, 2.45) is 0 Å². The monoisotopic (exact) mass is 252 g/mol. The summed E-state index contributed by atoms with van der Waals surface area (Å²) >= 11 is 4.52. The van der Waals surface area contributed by atoms with Gasteiger partial charge in [0.1, 0.15) is 0 Å². The first kappa shape index (κ1) is 15.4. The van der Waals surface area contributed by atoms with Crippen molar-refractivity contribution in [3.8, 4) is 0 Å². The standard InChI is InChI=1S/C10H24O3SSi/c1-5-7-10(14)8-6-9-15(11-2,12-3)13-4/h10,14H,5-9H2,1-4H3. The summed E-state index contributed by atoms with van der Waals surface area (Å²) in [5.41, 5.74) is 0. The van der Waals surface area contributed by atoms with Crippen LogP contribution < -0.4 is 0 Å². The van der Waals surface area contributed by atoms with E-state index in [1.54, 1.807) is 21.3 Å². The van der Waals surface area contributed by atoms with Crippen molar-refractivity contribution in [1.82, 2.24) is 0 Å². The van der Waals surface area contributed by atoms with E-state index in [4.69, 9.17) is 13.3 Å². The Balaban J connectivity index is 3.80. The maximum atomic E-state index is 5.35. The molecule has 0 bridgehead atoms. The molecule has 0 heterocycles. The van der Waals surface area contributed by atoms with Gasteiger partial charge in [-0.15, -0.1) is 0 Å². The third kappa shape index (κ3) is 5.92. The second kappa shape index (κ2) is 8.58. The Kier molecular flexibility index (Phi) is 8.84. The summed E-state index contributed by atoms with van der Waals surface area (Å²) in [6, 6.07) is 0.872. The van der Waals surface area contributed by atoms with Gasteiger partial charge in [-0.25, -0.2) is 0 Å². The molecule has 0 aromatic heterocycles. The van der Waals surface area contributed by atoms with Gasteiger partial charge >= 0.3 is 8.80 Å². The van der Waals surface area contributed by atoms with Gasteiger partial charge in [-0.1, -0.05) is 13.3 Å². The summed E-state index contributed by atoms with van der Waals surface area (Å²) in [5.74, 6) is 0. The molecule has 0 aromatic rings. The zero-order valence-electron chi connectivity index (χ0n) is 10.3. The zero-order valence-corrected chi connectivity index (χ0v) is 12.2. The third-order valence-corrected chi connectivity index (χ3v) is 5.92. The van der Waals surface area contributed by atoms with E-state index in [1.165, 1.54) is 12.8 Å². The van der Waals surface area contributed by atoms with E-state index in [-0.39, 0.29) is 0 Å². The van der Waals surface area contributed by atoms with Crippen molar-refractivity contribution in [2.45, 2.75) is 43.9 Å². The Labute approximate surface area is 100 Å². The number of hydrogen-bond donors (Lipinski definition) is 1. The van der Waals surface area contributed by atoms with Crippen LogP contribution in [0.5, 0.6) is 0 Å². The Bertz CT molecular complexity index is 145. The van der Waals surface area contributed by atoms with Gasteiger partial charge in [0, 0.05) is 32.6 Å². The minimum absolute atomic E-state index is 0.493. The highest BCUT2D eigenvalue weighted by atomic mass is 32.1. The van der Waals surface area contributed by atoms with E-state index in [2.05, 4.69) is 19.6 Å². The average Bonchev–Trinajstić information content (AvgIpc) is 2.25. The summed E-state index contributed by atoms with van der Waals surface area (Å²) < 4.78 is 16.0. The van der Waals surface area contributed by atoms with Crippen molar-refractivity contribution < 1.29 is 13.3 Å². The predicted molar refractivity (Wildman–Crippen MR) is 68.5 cm³/mol. The lowest BCUT2D eigenvalue weighted by Gasteiger charge is -2.24. The first-order valence-corrected chi connectivity index (χ1v) is 7.92. The van der Waals surface area contributed by atoms with Gasteiger partial charge in [-0.2, -0.15) is 12.6 Å². The first-order valence-electron chi connectivity index (χ1n) is 5.47. The van der Waals surface area contributed by atoms with Crippen molar-refractivity contribution in [2.75, 3.05) is 21.3 Å². The molecular weight excluding hydrogens is 228 g/mol. The van der Waals surface area contributed by atoms with Crippen LogP contribution in [0, 0.1) is 0 Å². The van der Waals surface area contributed by atoms with Crippen molar-refractivity contribution >= 4 is 21.4 Å². The van der Waals surface area contributed by atoms with E-state index in [9.17, 15) is 0 Å². The van der Waals surface area contributed by atoms with Crippen LogP contribution in [-0.2, 0) is 13.3 Å². The zero-order chi connectivity index (χ0) is 11.7. The van der Waals surface area contributed by atoms with Crippen LogP contribution in [0.2, 0.25) is 6.04 Å².